The zero-order valence-corrected chi connectivity index (χ0v) is 11.0. The molecular formula is C15H27NO. The highest BCUT2D eigenvalue weighted by molar-refractivity contribution is 5.06. The van der Waals surface area contributed by atoms with Crippen LogP contribution in [0.5, 0.6) is 0 Å². The van der Waals surface area contributed by atoms with Crippen molar-refractivity contribution in [2.75, 3.05) is 6.61 Å². The summed E-state index contributed by atoms with van der Waals surface area (Å²) in [5, 5.41) is 0. The molecule has 2 atom stereocenters. The van der Waals surface area contributed by atoms with Crippen molar-refractivity contribution in [2.45, 2.75) is 76.4 Å². The molecule has 0 aromatic carbocycles. The molecule has 3 fully saturated rings. The molecule has 0 bridgehead atoms. The van der Waals surface area contributed by atoms with Gasteiger partial charge in [-0.3, -0.25) is 0 Å². The molecule has 3 aliphatic carbocycles. The lowest BCUT2D eigenvalue weighted by atomic mass is 9.58. The molecule has 3 aliphatic rings. The van der Waals surface area contributed by atoms with Crippen molar-refractivity contribution < 1.29 is 4.74 Å². The summed E-state index contributed by atoms with van der Waals surface area (Å²) in [4.78, 5) is 0. The van der Waals surface area contributed by atoms with E-state index in [1.807, 2.05) is 0 Å². The first-order valence-corrected chi connectivity index (χ1v) is 7.68. The van der Waals surface area contributed by atoms with E-state index in [-0.39, 0.29) is 0 Å². The van der Waals surface area contributed by atoms with Gasteiger partial charge in [0.1, 0.15) is 0 Å². The molecule has 0 radical (unpaired) electrons. The molecule has 0 heterocycles. The van der Waals surface area contributed by atoms with Crippen LogP contribution < -0.4 is 5.73 Å². The molecule has 1 spiro atoms. The van der Waals surface area contributed by atoms with Crippen LogP contribution in [0.15, 0.2) is 0 Å². The summed E-state index contributed by atoms with van der Waals surface area (Å²) in [6.45, 7) is 0.990. The van der Waals surface area contributed by atoms with Crippen LogP contribution in [0.2, 0.25) is 0 Å². The van der Waals surface area contributed by atoms with Gasteiger partial charge in [0, 0.05) is 18.1 Å². The molecule has 3 rings (SSSR count). The molecule has 2 N–H and O–H groups in total. The van der Waals surface area contributed by atoms with Gasteiger partial charge >= 0.3 is 0 Å². The third kappa shape index (κ3) is 2.39. The Balaban J connectivity index is 1.52. The Hall–Kier alpha value is -0.0800. The maximum Gasteiger partial charge on any atom is 0.0661 e. The highest BCUT2D eigenvalue weighted by Gasteiger charge is 2.53. The van der Waals surface area contributed by atoms with Crippen molar-refractivity contribution in [1.82, 2.24) is 0 Å². The lowest BCUT2D eigenvalue weighted by molar-refractivity contribution is -0.135. The fraction of sp³-hybridized carbons (Fsp3) is 1.00. The SMILES string of the molecule is NC1CC(OCCC2CC2)C12CCCCCC2. The van der Waals surface area contributed by atoms with Crippen molar-refractivity contribution >= 4 is 0 Å². The highest BCUT2D eigenvalue weighted by atomic mass is 16.5. The summed E-state index contributed by atoms with van der Waals surface area (Å²) in [7, 11) is 0. The van der Waals surface area contributed by atoms with Gasteiger partial charge in [-0.1, -0.05) is 38.5 Å². The predicted molar refractivity (Wildman–Crippen MR) is 69.8 cm³/mol. The Morgan fingerprint density at radius 1 is 1.06 bits per heavy atom. The molecule has 2 heteroatoms. The van der Waals surface area contributed by atoms with Crippen molar-refractivity contribution in [1.29, 1.82) is 0 Å². The van der Waals surface area contributed by atoms with Gasteiger partial charge in [-0.2, -0.15) is 0 Å². The number of hydrogen-bond donors (Lipinski definition) is 1. The van der Waals surface area contributed by atoms with Gasteiger partial charge in [0.05, 0.1) is 6.10 Å². The molecule has 2 unspecified atom stereocenters. The van der Waals surface area contributed by atoms with Crippen LogP contribution in [-0.4, -0.2) is 18.8 Å². The smallest absolute Gasteiger partial charge is 0.0661 e. The van der Waals surface area contributed by atoms with E-state index in [4.69, 9.17) is 10.5 Å². The summed E-state index contributed by atoms with van der Waals surface area (Å²) >= 11 is 0. The van der Waals surface area contributed by atoms with Crippen molar-refractivity contribution in [2.24, 2.45) is 17.1 Å². The van der Waals surface area contributed by atoms with Crippen LogP contribution in [-0.2, 0) is 4.74 Å². The second kappa shape index (κ2) is 4.89. The van der Waals surface area contributed by atoms with Gasteiger partial charge in [-0.05, 0) is 31.6 Å². The summed E-state index contributed by atoms with van der Waals surface area (Å²) < 4.78 is 6.17. The minimum atomic E-state index is 0.375. The first-order chi connectivity index (χ1) is 8.31. The maximum atomic E-state index is 6.31. The van der Waals surface area contributed by atoms with E-state index in [2.05, 4.69) is 0 Å². The Kier molecular flexibility index (Phi) is 3.45. The van der Waals surface area contributed by atoms with E-state index < -0.39 is 0 Å². The summed E-state index contributed by atoms with van der Waals surface area (Å²) in [5.74, 6) is 0.994. The topological polar surface area (TPSA) is 35.2 Å². The predicted octanol–water partition coefficient (Wildman–Crippen LogP) is 3.24. The van der Waals surface area contributed by atoms with Gasteiger partial charge in [0.2, 0.25) is 0 Å². The maximum absolute atomic E-state index is 6.31. The van der Waals surface area contributed by atoms with Crippen LogP contribution in [0.25, 0.3) is 0 Å². The summed E-state index contributed by atoms with van der Waals surface area (Å²) in [6.07, 6.45) is 14.0. The van der Waals surface area contributed by atoms with Crippen LogP contribution in [0.3, 0.4) is 0 Å². The lowest BCUT2D eigenvalue weighted by Gasteiger charge is -2.54. The Bertz CT molecular complexity index is 254. The van der Waals surface area contributed by atoms with Gasteiger partial charge in [-0.25, -0.2) is 0 Å². The van der Waals surface area contributed by atoms with Gasteiger partial charge < -0.3 is 10.5 Å². The highest BCUT2D eigenvalue weighted by Crippen LogP contribution is 2.51. The molecule has 0 aromatic rings. The van der Waals surface area contributed by atoms with E-state index in [9.17, 15) is 0 Å². The Morgan fingerprint density at radius 2 is 1.76 bits per heavy atom. The molecular weight excluding hydrogens is 210 g/mol. The zero-order valence-electron chi connectivity index (χ0n) is 11.0. The Morgan fingerprint density at radius 3 is 2.35 bits per heavy atom. The van der Waals surface area contributed by atoms with Crippen molar-refractivity contribution in [3.05, 3.63) is 0 Å². The molecule has 2 nitrogen and oxygen atoms in total. The van der Waals surface area contributed by atoms with Crippen molar-refractivity contribution in [3.63, 3.8) is 0 Å². The first-order valence-electron chi connectivity index (χ1n) is 7.68. The number of hydrogen-bond acceptors (Lipinski definition) is 2. The minimum Gasteiger partial charge on any atom is -0.378 e. The first kappa shape index (κ1) is 12.0. The normalized spacial score (nSPS) is 36.5. The Labute approximate surface area is 105 Å². The number of ether oxygens (including phenoxy) is 1. The molecule has 0 aliphatic heterocycles. The van der Waals surface area contributed by atoms with Gasteiger partial charge in [0.15, 0.2) is 0 Å². The van der Waals surface area contributed by atoms with E-state index in [0.717, 1.165) is 18.9 Å². The summed E-state index contributed by atoms with van der Waals surface area (Å²) in [5.41, 5.74) is 6.69. The van der Waals surface area contributed by atoms with Crippen LogP contribution in [0, 0.1) is 11.3 Å². The average Bonchev–Trinajstić information content (AvgIpc) is 3.14. The second-order valence-corrected chi connectivity index (χ2v) is 6.58. The third-order valence-corrected chi connectivity index (χ3v) is 5.42. The standard InChI is InChI=1S/C15H27NO/c16-13-11-14(17-10-7-12-5-6-12)15(13)8-3-1-2-4-9-15/h12-14H,1-11,16H2. The molecule has 0 saturated heterocycles. The van der Waals surface area contributed by atoms with Crippen LogP contribution in [0.4, 0.5) is 0 Å². The molecule has 17 heavy (non-hydrogen) atoms. The van der Waals surface area contributed by atoms with Gasteiger partial charge in [0.25, 0.3) is 0 Å². The molecule has 0 amide bonds. The molecule has 3 saturated carbocycles. The average molecular weight is 237 g/mol. The fourth-order valence-corrected chi connectivity index (χ4v) is 3.88. The minimum absolute atomic E-state index is 0.375. The second-order valence-electron chi connectivity index (χ2n) is 6.58. The van der Waals surface area contributed by atoms with E-state index in [1.54, 1.807) is 0 Å². The van der Waals surface area contributed by atoms with E-state index >= 15 is 0 Å². The van der Waals surface area contributed by atoms with E-state index in [0.29, 0.717) is 17.6 Å². The van der Waals surface area contributed by atoms with Crippen LogP contribution in [0.1, 0.15) is 64.2 Å². The van der Waals surface area contributed by atoms with Crippen molar-refractivity contribution in [3.8, 4) is 0 Å². The number of rotatable bonds is 4. The largest absolute Gasteiger partial charge is 0.378 e. The molecule has 0 aromatic heterocycles. The summed E-state index contributed by atoms with van der Waals surface area (Å²) in [6, 6.07) is 0.423. The lowest BCUT2D eigenvalue weighted by Crippen LogP contribution is -2.62. The van der Waals surface area contributed by atoms with Crippen LogP contribution >= 0.6 is 0 Å². The van der Waals surface area contributed by atoms with Gasteiger partial charge in [-0.15, -0.1) is 0 Å². The zero-order chi connectivity index (χ0) is 11.7. The molecule has 98 valence electrons. The number of nitrogens with two attached hydrogens (primary N) is 1. The fourth-order valence-electron chi connectivity index (χ4n) is 3.88. The third-order valence-electron chi connectivity index (χ3n) is 5.42. The van der Waals surface area contributed by atoms with E-state index in [1.165, 1.54) is 57.8 Å². The monoisotopic (exact) mass is 237 g/mol. The quantitative estimate of drug-likeness (QED) is 0.814.